The number of rotatable bonds is 4. The molecule has 6 nitrogen and oxygen atoms in total. The second-order valence-electron chi connectivity index (χ2n) is 5.45. The molecule has 0 bridgehead atoms. The van der Waals surface area contributed by atoms with Gasteiger partial charge in [-0.3, -0.25) is 4.79 Å². The van der Waals surface area contributed by atoms with Crippen LogP contribution in [0.2, 0.25) is 0 Å². The van der Waals surface area contributed by atoms with E-state index >= 15 is 0 Å². The van der Waals surface area contributed by atoms with Gasteiger partial charge in [-0.15, -0.1) is 5.10 Å². The van der Waals surface area contributed by atoms with Gasteiger partial charge in [0.1, 0.15) is 21.8 Å². The predicted molar refractivity (Wildman–Crippen MR) is 96.0 cm³/mol. The smallest absolute Gasteiger partial charge is 0.291 e. The summed E-state index contributed by atoms with van der Waals surface area (Å²) in [6.07, 6.45) is 1.72. The van der Waals surface area contributed by atoms with Crippen LogP contribution in [0.15, 0.2) is 45.6 Å². The first-order chi connectivity index (χ1) is 12.1. The molecule has 0 spiro atoms. The molecule has 4 aromatic rings. The van der Waals surface area contributed by atoms with E-state index in [2.05, 4.69) is 10.1 Å². The van der Waals surface area contributed by atoms with Crippen molar-refractivity contribution in [2.45, 2.75) is 13.8 Å². The van der Waals surface area contributed by atoms with Crippen LogP contribution in [0.3, 0.4) is 0 Å². The molecule has 25 heavy (non-hydrogen) atoms. The molecule has 0 atom stereocenters. The van der Waals surface area contributed by atoms with E-state index in [0.717, 1.165) is 17.1 Å². The molecule has 0 radical (unpaired) electrons. The minimum Gasteiger partial charge on any atom is -0.494 e. The number of ether oxygens (including phenoxy) is 1. The predicted octanol–water partition coefficient (Wildman–Crippen LogP) is 2.67. The number of fused-ring (bicyclic) bond motifs is 1. The molecule has 3 aromatic heterocycles. The summed E-state index contributed by atoms with van der Waals surface area (Å²) in [7, 11) is 0. The molecule has 126 valence electrons. The van der Waals surface area contributed by atoms with Crippen LogP contribution in [0.1, 0.15) is 18.4 Å². The molecular formula is C18H15N3O3S. The lowest BCUT2D eigenvalue weighted by molar-refractivity contribution is 0.340. The van der Waals surface area contributed by atoms with Crippen molar-refractivity contribution >= 4 is 22.4 Å². The topological polar surface area (TPSA) is 69.6 Å². The summed E-state index contributed by atoms with van der Waals surface area (Å²) in [6, 6.07) is 11.2. The Kier molecular flexibility index (Phi) is 3.85. The molecule has 4 rings (SSSR count). The van der Waals surface area contributed by atoms with Crippen LogP contribution < -0.4 is 14.8 Å². The molecule has 1 aromatic carbocycles. The molecule has 0 aliphatic rings. The van der Waals surface area contributed by atoms with E-state index in [-0.39, 0.29) is 5.56 Å². The Morgan fingerprint density at radius 3 is 2.68 bits per heavy atom. The summed E-state index contributed by atoms with van der Waals surface area (Å²) >= 11 is 1.29. The van der Waals surface area contributed by atoms with Crippen molar-refractivity contribution in [3.8, 4) is 17.1 Å². The van der Waals surface area contributed by atoms with Gasteiger partial charge in [0, 0.05) is 11.6 Å². The number of nitrogens with zero attached hydrogens (tertiary/aromatic N) is 3. The van der Waals surface area contributed by atoms with E-state index in [0.29, 0.717) is 27.7 Å². The van der Waals surface area contributed by atoms with Crippen LogP contribution in [0.5, 0.6) is 5.75 Å². The zero-order chi connectivity index (χ0) is 17.4. The Hall–Kier alpha value is -2.93. The first kappa shape index (κ1) is 15.6. The van der Waals surface area contributed by atoms with Crippen LogP contribution in [-0.4, -0.2) is 21.2 Å². The molecule has 0 amide bonds. The number of benzene rings is 1. The van der Waals surface area contributed by atoms with Crippen molar-refractivity contribution in [3.05, 3.63) is 62.8 Å². The molecule has 0 unspecified atom stereocenters. The van der Waals surface area contributed by atoms with Gasteiger partial charge in [-0.2, -0.15) is 9.50 Å². The lowest BCUT2D eigenvalue weighted by Crippen LogP contribution is -2.23. The van der Waals surface area contributed by atoms with Crippen LogP contribution in [0.25, 0.3) is 22.4 Å². The van der Waals surface area contributed by atoms with Crippen molar-refractivity contribution in [1.82, 2.24) is 14.6 Å². The maximum atomic E-state index is 12.5. The van der Waals surface area contributed by atoms with Crippen molar-refractivity contribution in [2.75, 3.05) is 6.61 Å². The van der Waals surface area contributed by atoms with Gasteiger partial charge in [-0.1, -0.05) is 11.3 Å². The average Bonchev–Trinajstić information content (AvgIpc) is 3.27. The molecular weight excluding hydrogens is 338 g/mol. The maximum absolute atomic E-state index is 12.5. The Labute approximate surface area is 147 Å². The molecule has 3 heterocycles. The number of hydrogen-bond donors (Lipinski definition) is 0. The number of aromatic nitrogens is 3. The Bertz CT molecular complexity index is 1140. The summed E-state index contributed by atoms with van der Waals surface area (Å²) in [5.74, 6) is 2.76. The van der Waals surface area contributed by atoms with Crippen molar-refractivity contribution in [1.29, 1.82) is 0 Å². The van der Waals surface area contributed by atoms with Gasteiger partial charge in [-0.05, 0) is 50.2 Å². The van der Waals surface area contributed by atoms with Crippen LogP contribution in [0.4, 0.5) is 0 Å². The van der Waals surface area contributed by atoms with E-state index in [1.54, 1.807) is 6.08 Å². The van der Waals surface area contributed by atoms with Gasteiger partial charge >= 0.3 is 0 Å². The fraction of sp³-hybridized carbons (Fsp3) is 0.167. The lowest BCUT2D eigenvalue weighted by atomic mass is 10.2. The highest BCUT2D eigenvalue weighted by Gasteiger charge is 2.12. The average molecular weight is 353 g/mol. The maximum Gasteiger partial charge on any atom is 0.291 e. The third kappa shape index (κ3) is 2.94. The molecule has 0 saturated carbocycles. The van der Waals surface area contributed by atoms with Crippen molar-refractivity contribution < 1.29 is 9.15 Å². The molecule has 0 saturated heterocycles. The van der Waals surface area contributed by atoms with E-state index in [4.69, 9.17) is 9.15 Å². The standard InChI is InChI=1S/C18H15N3O3S/c1-3-23-13-8-5-12(6-9-13)16-19-18-21(20-16)17(22)15(25-18)10-14-7-4-11(2)24-14/h4-10H,3H2,1-2H3/b15-10-. The summed E-state index contributed by atoms with van der Waals surface area (Å²) in [6.45, 7) is 4.42. The first-order valence-electron chi connectivity index (χ1n) is 7.85. The lowest BCUT2D eigenvalue weighted by Gasteiger charge is -2.02. The molecule has 0 fully saturated rings. The molecule has 7 heteroatoms. The van der Waals surface area contributed by atoms with Crippen LogP contribution in [-0.2, 0) is 0 Å². The number of hydrogen-bond acceptors (Lipinski definition) is 6. The third-order valence-corrected chi connectivity index (χ3v) is 4.60. The van der Waals surface area contributed by atoms with Crippen LogP contribution in [0, 0.1) is 6.92 Å². The summed E-state index contributed by atoms with van der Waals surface area (Å²) < 4.78 is 12.8. The molecule has 0 N–H and O–H groups in total. The van der Waals surface area contributed by atoms with Crippen molar-refractivity contribution in [3.63, 3.8) is 0 Å². The fourth-order valence-corrected chi connectivity index (χ4v) is 3.37. The number of furan rings is 1. The van der Waals surface area contributed by atoms with E-state index in [1.165, 1.54) is 15.9 Å². The highest BCUT2D eigenvalue weighted by Crippen LogP contribution is 2.20. The van der Waals surface area contributed by atoms with E-state index in [9.17, 15) is 4.79 Å². The normalized spacial score (nSPS) is 12.2. The first-order valence-corrected chi connectivity index (χ1v) is 8.66. The van der Waals surface area contributed by atoms with Gasteiger partial charge in [0.05, 0.1) is 6.61 Å². The summed E-state index contributed by atoms with van der Waals surface area (Å²) in [5, 5.41) is 4.34. The third-order valence-electron chi connectivity index (χ3n) is 3.64. The SMILES string of the molecule is CCOc1ccc(-c2nc3s/c(=C\c4ccc(C)o4)c(=O)n3n2)cc1. The Balaban J connectivity index is 1.72. The summed E-state index contributed by atoms with van der Waals surface area (Å²) in [4.78, 5) is 17.5. The molecule has 0 aliphatic carbocycles. The Morgan fingerprint density at radius 2 is 2.04 bits per heavy atom. The summed E-state index contributed by atoms with van der Waals surface area (Å²) in [5.41, 5.74) is 0.643. The zero-order valence-corrected chi connectivity index (χ0v) is 14.5. The van der Waals surface area contributed by atoms with Crippen molar-refractivity contribution in [2.24, 2.45) is 0 Å². The van der Waals surface area contributed by atoms with Gasteiger partial charge in [-0.25, -0.2) is 0 Å². The van der Waals surface area contributed by atoms with E-state index < -0.39 is 0 Å². The second kappa shape index (κ2) is 6.18. The largest absolute Gasteiger partial charge is 0.494 e. The van der Waals surface area contributed by atoms with E-state index in [1.807, 2.05) is 50.2 Å². The van der Waals surface area contributed by atoms with Gasteiger partial charge in [0.2, 0.25) is 4.96 Å². The minimum atomic E-state index is -0.196. The minimum absolute atomic E-state index is 0.196. The van der Waals surface area contributed by atoms with Gasteiger partial charge in [0.15, 0.2) is 5.82 Å². The zero-order valence-electron chi connectivity index (χ0n) is 13.7. The van der Waals surface area contributed by atoms with Gasteiger partial charge < -0.3 is 9.15 Å². The highest BCUT2D eigenvalue weighted by atomic mass is 32.1. The molecule has 0 aliphatic heterocycles. The van der Waals surface area contributed by atoms with Gasteiger partial charge in [0.25, 0.3) is 5.56 Å². The van der Waals surface area contributed by atoms with Crippen LogP contribution >= 0.6 is 11.3 Å². The second-order valence-corrected chi connectivity index (χ2v) is 6.46. The quantitative estimate of drug-likeness (QED) is 0.564. The fourth-order valence-electron chi connectivity index (χ4n) is 2.48. The number of aryl methyl sites for hydroxylation is 1. The monoisotopic (exact) mass is 353 g/mol. The number of thiazole rings is 1. The highest BCUT2D eigenvalue weighted by molar-refractivity contribution is 7.15. The Morgan fingerprint density at radius 1 is 1.24 bits per heavy atom.